The molecule has 0 radical (unpaired) electrons. The topological polar surface area (TPSA) is 60.2 Å². The number of nitrogens with one attached hydrogen (secondary N) is 1. The minimum atomic E-state index is -0.689. The van der Waals surface area contributed by atoms with Gasteiger partial charge in [-0.15, -0.1) is 0 Å². The van der Waals surface area contributed by atoms with Crippen LogP contribution in [0.15, 0.2) is 36.5 Å². The Morgan fingerprint density at radius 1 is 1.13 bits per heavy atom. The molecule has 3 aromatic rings. The maximum atomic E-state index is 14.6. The van der Waals surface area contributed by atoms with Crippen LogP contribution >= 0.6 is 23.2 Å². The molecule has 156 valence electrons. The highest BCUT2D eigenvalue weighted by Crippen LogP contribution is 2.37. The van der Waals surface area contributed by atoms with E-state index in [0.717, 1.165) is 18.5 Å². The van der Waals surface area contributed by atoms with Gasteiger partial charge in [0.2, 0.25) is 0 Å². The number of aromatic nitrogens is 1. The average molecular weight is 450 g/mol. The summed E-state index contributed by atoms with van der Waals surface area (Å²) in [5.74, 6) is -0.431. The molecule has 3 N–H and O–H groups in total. The number of nitrogen functional groups attached to an aromatic ring is 1. The van der Waals surface area contributed by atoms with Crippen molar-refractivity contribution in [3.8, 4) is 16.9 Å². The first-order chi connectivity index (χ1) is 14.3. The molecule has 4 rings (SSSR count). The molecule has 0 aliphatic carbocycles. The highest BCUT2D eigenvalue weighted by Gasteiger charge is 2.21. The van der Waals surface area contributed by atoms with Crippen LogP contribution in [0.1, 0.15) is 29.7 Å². The molecule has 4 nitrogen and oxygen atoms in total. The first-order valence-electron chi connectivity index (χ1n) is 9.43. The Morgan fingerprint density at radius 2 is 1.93 bits per heavy atom. The number of benzene rings is 2. The van der Waals surface area contributed by atoms with Crippen molar-refractivity contribution >= 4 is 29.0 Å². The fourth-order valence-electron chi connectivity index (χ4n) is 3.59. The quantitative estimate of drug-likeness (QED) is 0.501. The van der Waals surface area contributed by atoms with Crippen LogP contribution in [0.5, 0.6) is 5.75 Å². The third kappa shape index (κ3) is 3.95. The van der Waals surface area contributed by atoms with Gasteiger partial charge < -0.3 is 15.8 Å². The normalized spacial score (nSPS) is 14.3. The van der Waals surface area contributed by atoms with E-state index >= 15 is 0 Å². The number of nitrogens with zero attached hydrogens (tertiary/aromatic N) is 1. The smallest absolute Gasteiger partial charge is 0.166 e. The third-order valence-electron chi connectivity index (χ3n) is 5.17. The number of pyridine rings is 1. The summed E-state index contributed by atoms with van der Waals surface area (Å²) in [7, 11) is 0. The van der Waals surface area contributed by atoms with Crippen LogP contribution in [0, 0.1) is 11.6 Å². The average Bonchev–Trinajstić information content (AvgIpc) is 2.72. The van der Waals surface area contributed by atoms with Crippen LogP contribution in [0.4, 0.5) is 14.6 Å². The Labute approximate surface area is 183 Å². The minimum Gasteiger partial charge on any atom is -0.482 e. The highest BCUT2D eigenvalue weighted by atomic mass is 35.5. The zero-order valence-electron chi connectivity index (χ0n) is 16.1. The zero-order valence-corrected chi connectivity index (χ0v) is 17.6. The molecule has 0 saturated carbocycles. The van der Waals surface area contributed by atoms with Gasteiger partial charge in [-0.25, -0.2) is 13.8 Å². The Bertz CT molecular complexity index is 1120. The number of hydrogen-bond donors (Lipinski definition) is 2. The SMILES string of the molecule is CC(Oc1cc(-c2cc(F)c3c(c2)CCNC3)cnc1N)c1c(Cl)ccc(F)c1Cl. The number of anilines is 1. The number of fused-ring (bicyclic) bond motifs is 1. The Morgan fingerprint density at radius 3 is 2.73 bits per heavy atom. The van der Waals surface area contributed by atoms with Gasteiger partial charge in [-0.2, -0.15) is 0 Å². The molecule has 0 spiro atoms. The monoisotopic (exact) mass is 449 g/mol. The maximum Gasteiger partial charge on any atom is 0.166 e. The molecule has 2 aromatic carbocycles. The summed E-state index contributed by atoms with van der Waals surface area (Å²) in [4.78, 5) is 4.18. The highest BCUT2D eigenvalue weighted by molar-refractivity contribution is 6.36. The van der Waals surface area contributed by atoms with Crippen molar-refractivity contribution in [1.82, 2.24) is 10.3 Å². The molecule has 0 amide bonds. The second-order valence-electron chi connectivity index (χ2n) is 7.15. The zero-order chi connectivity index (χ0) is 21.4. The van der Waals surface area contributed by atoms with Crippen LogP contribution in [-0.2, 0) is 13.0 Å². The van der Waals surface area contributed by atoms with Crippen molar-refractivity contribution in [2.45, 2.75) is 26.0 Å². The van der Waals surface area contributed by atoms with Crippen molar-refractivity contribution in [3.63, 3.8) is 0 Å². The van der Waals surface area contributed by atoms with E-state index in [1.807, 2.05) is 6.07 Å². The van der Waals surface area contributed by atoms with Crippen LogP contribution in [-0.4, -0.2) is 11.5 Å². The van der Waals surface area contributed by atoms with Crippen LogP contribution in [0.25, 0.3) is 11.1 Å². The first-order valence-corrected chi connectivity index (χ1v) is 10.2. The molecule has 30 heavy (non-hydrogen) atoms. The van der Waals surface area contributed by atoms with Crippen LogP contribution in [0.3, 0.4) is 0 Å². The van der Waals surface area contributed by atoms with Crippen molar-refractivity contribution < 1.29 is 13.5 Å². The molecule has 2 heterocycles. The fraction of sp³-hybridized carbons (Fsp3) is 0.227. The molecule has 1 aliphatic rings. The van der Waals surface area contributed by atoms with Gasteiger partial charge in [0, 0.05) is 34.5 Å². The van der Waals surface area contributed by atoms with E-state index in [-0.39, 0.29) is 27.4 Å². The molecular formula is C22H19Cl2F2N3O. The lowest BCUT2D eigenvalue weighted by Gasteiger charge is -2.20. The van der Waals surface area contributed by atoms with Crippen LogP contribution < -0.4 is 15.8 Å². The predicted octanol–water partition coefficient (Wildman–Crippen LogP) is 5.70. The van der Waals surface area contributed by atoms with E-state index in [2.05, 4.69) is 10.3 Å². The maximum absolute atomic E-state index is 14.6. The van der Waals surface area contributed by atoms with Gasteiger partial charge in [0.15, 0.2) is 11.6 Å². The van der Waals surface area contributed by atoms with E-state index in [0.29, 0.717) is 28.8 Å². The van der Waals surface area contributed by atoms with Gasteiger partial charge in [-0.3, -0.25) is 0 Å². The summed E-state index contributed by atoms with van der Waals surface area (Å²) in [5, 5.41) is 3.34. The molecule has 8 heteroatoms. The predicted molar refractivity (Wildman–Crippen MR) is 115 cm³/mol. The summed E-state index contributed by atoms with van der Waals surface area (Å²) in [5.41, 5.74) is 9.29. The largest absolute Gasteiger partial charge is 0.482 e. The van der Waals surface area contributed by atoms with Gasteiger partial charge >= 0.3 is 0 Å². The molecule has 1 aliphatic heterocycles. The number of halogens is 4. The minimum absolute atomic E-state index is 0.108. The third-order valence-corrected chi connectivity index (χ3v) is 5.88. The summed E-state index contributed by atoms with van der Waals surface area (Å²) < 4.78 is 34.4. The number of nitrogens with two attached hydrogens (primary N) is 1. The molecule has 1 atom stereocenters. The molecular weight excluding hydrogens is 431 g/mol. The van der Waals surface area contributed by atoms with E-state index in [1.54, 1.807) is 19.2 Å². The molecule has 1 unspecified atom stereocenters. The van der Waals surface area contributed by atoms with Gasteiger partial charge in [-0.05, 0) is 55.3 Å². The molecule has 0 saturated heterocycles. The molecule has 0 fully saturated rings. The molecule has 0 bridgehead atoms. The van der Waals surface area contributed by atoms with Crippen molar-refractivity contribution in [2.24, 2.45) is 0 Å². The fourth-order valence-corrected chi connectivity index (χ4v) is 4.27. The van der Waals surface area contributed by atoms with E-state index in [4.69, 9.17) is 33.7 Å². The van der Waals surface area contributed by atoms with Crippen molar-refractivity contribution in [3.05, 3.63) is 74.9 Å². The van der Waals surface area contributed by atoms with Crippen LogP contribution in [0.2, 0.25) is 10.0 Å². The van der Waals surface area contributed by atoms with Gasteiger partial charge in [-0.1, -0.05) is 29.3 Å². The van der Waals surface area contributed by atoms with Gasteiger partial charge in [0.05, 0.1) is 5.02 Å². The second kappa shape index (κ2) is 8.38. The second-order valence-corrected chi connectivity index (χ2v) is 7.93. The number of rotatable bonds is 4. The summed E-state index contributed by atoms with van der Waals surface area (Å²) in [6, 6.07) is 7.73. The summed E-state index contributed by atoms with van der Waals surface area (Å²) >= 11 is 12.3. The summed E-state index contributed by atoms with van der Waals surface area (Å²) in [6.07, 6.45) is 1.63. The number of ether oxygens (including phenoxy) is 1. The van der Waals surface area contributed by atoms with E-state index in [1.165, 1.54) is 18.2 Å². The lowest BCUT2D eigenvalue weighted by Crippen LogP contribution is -2.24. The molecule has 1 aromatic heterocycles. The van der Waals surface area contributed by atoms with Crippen molar-refractivity contribution in [2.75, 3.05) is 12.3 Å². The van der Waals surface area contributed by atoms with Gasteiger partial charge in [0.1, 0.15) is 17.7 Å². The Balaban J connectivity index is 1.68. The van der Waals surface area contributed by atoms with E-state index in [9.17, 15) is 8.78 Å². The van der Waals surface area contributed by atoms with Gasteiger partial charge in [0.25, 0.3) is 0 Å². The summed E-state index contributed by atoms with van der Waals surface area (Å²) in [6.45, 7) is 3.00. The van der Waals surface area contributed by atoms with E-state index < -0.39 is 11.9 Å². The number of hydrogen-bond acceptors (Lipinski definition) is 4. The lowest BCUT2D eigenvalue weighted by atomic mass is 9.95. The first kappa shape index (κ1) is 20.8. The lowest BCUT2D eigenvalue weighted by molar-refractivity contribution is 0.227. The standard InChI is InChI=1S/C22H19Cl2F2N3O/c1-11(20-16(23)2-3-17(25)21(20)24)30-19-8-14(9-29-22(19)27)13-6-12-4-5-28-10-15(12)18(26)7-13/h2-3,6-9,11,28H,4-5,10H2,1H3,(H2,27,29). The Kier molecular flexibility index (Phi) is 5.82. The Hall–Kier alpha value is -2.41. The van der Waals surface area contributed by atoms with Crippen molar-refractivity contribution in [1.29, 1.82) is 0 Å².